The molecule has 1 heterocycles. The summed E-state index contributed by atoms with van der Waals surface area (Å²) in [6, 6.07) is 0. The van der Waals surface area contributed by atoms with Crippen molar-refractivity contribution in [2.24, 2.45) is 5.92 Å². The summed E-state index contributed by atoms with van der Waals surface area (Å²) < 4.78 is 0. The van der Waals surface area contributed by atoms with Gasteiger partial charge in [0.25, 0.3) is 0 Å². The predicted molar refractivity (Wildman–Crippen MR) is 70.7 cm³/mol. The molecule has 1 rings (SSSR count). The lowest BCUT2D eigenvalue weighted by atomic mass is 10.0. The zero-order valence-corrected chi connectivity index (χ0v) is 11.1. The molecule has 1 aliphatic heterocycles. The zero-order valence-electron chi connectivity index (χ0n) is 10.3. The van der Waals surface area contributed by atoms with Gasteiger partial charge < -0.3 is 10.2 Å². The summed E-state index contributed by atoms with van der Waals surface area (Å²) in [4.78, 5) is 2.51. The summed E-state index contributed by atoms with van der Waals surface area (Å²) in [6.07, 6.45) is 2.77. The Morgan fingerprint density at radius 1 is 1.20 bits per heavy atom. The molecule has 0 aromatic heterocycles. The molecule has 15 heavy (non-hydrogen) atoms. The van der Waals surface area contributed by atoms with Crippen molar-refractivity contribution >= 4 is 11.8 Å². The molecule has 90 valence electrons. The van der Waals surface area contributed by atoms with Crippen LogP contribution in [0.15, 0.2) is 0 Å². The third-order valence-corrected chi connectivity index (χ3v) is 4.44. The Morgan fingerprint density at radius 2 is 1.87 bits per heavy atom. The lowest BCUT2D eigenvalue weighted by Gasteiger charge is -2.23. The molecule has 1 N–H and O–H groups in total. The van der Waals surface area contributed by atoms with Crippen LogP contribution in [0.5, 0.6) is 0 Å². The maximum atomic E-state index is 3.42. The van der Waals surface area contributed by atoms with E-state index in [-0.39, 0.29) is 0 Å². The van der Waals surface area contributed by atoms with Gasteiger partial charge >= 0.3 is 0 Å². The van der Waals surface area contributed by atoms with Crippen LogP contribution in [-0.2, 0) is 0 Å². The Kier molecular flexibility index (Phi) is 7.49. The van der Waals surface area contributed by atoms with Crippen molar-refractivity contribution < 1.29 is 0 Å². The molecule has 0 bridgehead atoms. The van der Waals surface area contributed by atoms with Gasteiger partial charge in [-0.15, -0.1) is 0 Å². The molecular weight excluding hydrogens is 204 g/mol. The molecule has 1 aliphatic rings. The van der Waals surface area contributed by atoms with E-state index in [1.54, 1.807) is 0 Å². The average molecular weight is 230 g/mol. The standard InChI is InChI=1S/C12H26N2S/c1-3-14(4-2)9-10-15-11-12-5-7-13-8-6-12/h12-13H,3-11H2,1-2H3. The van der Waals surface area contributed by atoms with Crippen LogP contribution in [0, 0.1) is 5.92 Å². The van der Waals surface area contributed by atoms with E-state index >= 15 is 0 Å². The molecule has 0 amide bonds. The van der Waals surface area contributed by atoms with Crippen LogP contribution in [0.2, 0.25) is 0 Å². The molecule has 0 saturated carbocycles. The van der Waals surface area contributed by atoms with Crippen molar-refractivity contribution in [2.75, 3.05) is 44.2 Å². The maximum absolute atomic E-state index is 3.42. The molecule has 0 spiro atoms. The van der Waals surface area contributed by atoms with Gasteiger partial charge in [-0.05, 0) is 50.7 Å². The molecule has 0 radical (unpaired) electrons. The number of hydrogen-bond donors (Lipinski definition) is 1. The van der Waals surface area contributed by atoms with Gasteiger partial charge in [-0.2, -0.15) is 11.8 Å². The van der Waals surface area contributed by atoms with Crippen molar-refractivity contribution in [3.05, 3.63) is 0 Å². The molecule has 0 aromatic rings. The van der Waals surface area contributed by atoms with E-state index in [1.165, 1.54) is 57.1 Å². The molecule has 1 saturated heterocycles. The van der Waals surface area contributed by atoms with Crippen molar-refractivity contribution in [3.8, 4) is 0 Å². The minimum atomic E-state index is 0.980. The van der Waals surface area contributed by atoms with Crippen LogP contribution in [0.3, 0.4) is 0 Å². The first-order valence-electron chi connectivity index (χ1n) is 6.37. The van der Waals surface area contributed by atoms with E-state index in [0.717, 1.165) is 5.92 Å². The summed E-state index contributed by atoms with van der Waals surface area (Å²) in [7, 11) is 0. The highest BCUT2D eigenvalue weighted by Crippen LogP contribution is 2.17. The summed E-state index contributed by atoms with van der Waals surface area (Å²) in [6.45, 7) is 10.6. The largest absolute Gasteiger partial charge is 0.317 e. The topological polar surface area (TPSA) is 15.3 Å². The van der Waals surface area contributed by atoms with Crippen LogP contribution >= 0.6 is 11.8 Å². The fraction of sp³-hybridized carbons (Fsp3) is 1.00. The van der Waals surface area contributed by atoms with Gasteiger partial charge in [-0.1, -0.05) is 13.8 Å². The molecule has 0 atom stereocenters. The number of piperidine rings is 1. The molecule has 0 unspecified atom stereocenters. The van der Waals surface area contributed by atoms with E-state index in [2.05, 4.69) is 35.8 Å². The number of nitrogens with one attached hydrogen (secondary N) is 1. The van der Waals surface area contributed by atoms with Crippen LogP contribution in [0.25, 0.3) is 0 Å². The van der Waals surface area contributed by atoms with Crippen LogP contribution in [-0.4, -0.2) is 49.1 Å². The fourth-order valence-corrected chi connectivity index (χ4v) is 3.25. The van der Waals surface area contributed by atoms with Gasteiger partial charge in [0.2, 0.25) is 0 Å². The number of nitrogens with zero attached hydrogens (tertiary/aromatic N) is 1. The normalized spacial score (nSPS) is 18.6. The zero-order chi connectivity index (χ0) is 10.9. The Labute approximate surface area is 99.2 Å². The van der Waals surface area contributed by atoms with Crippen molar-refractivity contribution in [1.29, 1.82) is 0 Å². The second-order valence-corrected chi connectivity index (χ2v) is 5.45. The molecule has 3 heteroatoms. The molecule has 0 aliphatic carbocycles. The molecule has 1 fully saturated rings. The first-order chi connectivity index (χ1) is 7.36. The van der Waals surface area contributed by atoms with Gasteiger partial charge in [0.15, 0.2) is 0 Å². The third kappa shape index (κ3) is 5.79. The maximum Gasteiger partial charge on any atom is 0.00721 e. The van der Waals surface area contributed by atoms with Gasteiger partial charge in [0.1, 0.15) is 0 Å². The summed E-state index contributed by atoms with van der Waals surface area (Å²) in [5.74, 6) is 3.67. The smallest absolute Gasteiger partial charge is 0.00721 e. The Bertz CT molecular complexity index is 143. The lowest BCUT2D eigenvalue weighted by Crippen LogP contribution is -2.29. The number of rotatable bonds is 7. The first kappa shape index (κ1) is 13.3. The van der Waals surface area contributed by atoms with E-state index in [1.807, 2.05) is 0 Å². The minimum absolute atomic E-state index is 0.980. The summed E-state index contributed by atoms with van der Waals surface area (Å²) in [5, 5.41) is 3.42. The van der Waals surface area contributed by atoms with Crippen molar-refractivity contribution in [1.82, 2.24) is 10.2 Å². The van der Waals surface area contributed by atoms with Gasteiger partial charge in [0, 0.05) is 12.3 Å². The van der Waals surface area contributed by atoms with E-state index in [9.17, 15) is 0 Å². The summed E-state index contributed by atoms with van der Waals surface area (Å²) >= 11 is 2.15. The second kappa shape index (κ2) is 8.43. The highest BCUT2D eigenvalue weighted by atomic mass is 32.2. The third-order valence-electron chi connectivity index (χ3n) is 3.26. The molecular formula is C12H26N2S. The molecule has 0 aromatic carbocycles. The quantitative estimate of drug-likeness (QED) is 0.674. The van der Waals surface area contributed by atoms with Gasteiger partial charge in [0.05, 0.1) is 0 Å². The van der Waals surface area contributed by atoms with Crippen molar-refractivity contribution in [2.45, 2.75) is 26.7 Å². The van der Waals surface area contributed by atoms with Crippen LogP contribution < -0.4 is 5.32 Å². The summed E-state index contributed by atoms with van der Waals surface area (Å²) in [5.41, 5.74) is 0. The monoisotopic (exact) mass is 230 g/mol. The molecule has 2 nitrogen and oxygen atoms in total. The first-order valence-corrected chi connectivity index (χ1v) is 7.53. The van der Waals surface area contributed by atoms with Crippen molar-refractivity contribution in [3.63, 3.8) is 0 Å². The lowest BCUT2D eigenvalue weighted by molar-refractivity contribution is 0.323. The Balaban J connectivity index is 1.95. The highest BCUT2D eigenvalue weighted by molar-refractivity contribution is 7.99. The van der Waals surface area contributed by atoms with E-state index in [4.69, 9.17) is 0 Å². The predicted octanol–water partition coefficient (Wildman–Crippen LogP) is 2.06. The van der Waals surface area contributed by atoms with E-state index in [0.29, 0.717) is 0 Å². The average Bonchev–Trinajstić information content (AvgIpc) is 2.31. The van der Waals surface area contributed by atoms with Crippen LogP contribution in [0.1, 0.15) is 26.7 Å². The number of hydrogen-bond acceptors (Lipinski definition) is 3. The highest BCUT2D eigenvalue weighted by Gasteiger charge is 2.12. The minimum Gasteiger partial charge on any atom is -0.317 e. The van der Waals surface area contributed by atoms with Gasteiger partial charge in [-0.3, -0.25) is 0 Å². The van der Waals surface area contributed by atoms with Crippen LogP contribution in [0.4, 0.5) is 0 Å². The number of thioether (sulfide) groups is 1. The SMILES string of the molecule is CCN(CC)CCSCC1CCNCC1. The fourth-order valence-electron chi connectivity index (χ4n) is 2.03. The van der Waals surface area contributed by atoms with Gasteiger partial charge in [-0.25, -0.2) is 0 Å². The second-order valence-electron chi connectivity index (χ2n) is 4.30. The Hall–Kier alpha value is 0.270. The van der Waals surface area contributed by atoms with E-state index < -0.39 is 0 Å². The Morgan fingerprint density at radius 3 is 2.47 bits per heavy atom.